The molecule has 1 aliphatic carbocycles. The largest absolute Gasteiger partial charge is 0.248 e. The van der Waals surface area contributed by atoms with Crippen LogP contribution in [-0.4, -0.2) is 5.71 Å². The quantitative estimate of drug-likeness (QED) is 0.177. The van der Waals surface area contributed by atoms with E-state index < -0.39 is 0 Å². The molecule has 7 aromatic carbocycles. The average Bonchev–Trinajstić information content (AvgIpc) is 3.80. The number of para-hydroxylation sites is 1. The Kier molecular flexibility index (Phi) is 6.17. The van der Waals surface area contributed by atoms with E-state index in [2.05, 4.69) is 153 Å². The normalized spacial score (nSPS) is 16.8. The first-order chi connectivity index (χ1) is 24.7. The standard InChI is InChI=1S/C47H31NS2/c1-2-27-24-40(45(48-41-20-9-7-13-29(27)41)36-19-11-18-34-32-16-8-10-21-42(32)49-47(34)36)44-33-17-6-5-15-31(33)37-25-38-35-23-22-28-12-3-4-14-30(28)46(35)50-43(38)26-39(37)44/h3-27,44H,2H2,1H3. The van der Waals surface area contributed by atoms with Crippen molar-refractivity contribution in [3.8, 4) is 11.1 Å². The molecule has 0 amide bonds. The molecule has 1 aliphatic heterocycles. The Bertz CT molecular complexity index is 2930. The molecule has 9 aromatic rings. The summed E-state index contributed by atoms with van der Waals surface area (Å²) >= 11 is 3.83. The van der Waals surface area contributed by atoms with Crippen molar-refractivity contribution in [3.05, 3.63) is 173 Å². The molecule has 2 unspecified atom stereocenters. The van der Waals surface area contributed by atoms with Gasteiger partial charge in [-0.3, -0.25) is 0 Å². The average molecular weight is 674 g/mol. The number of aliphatic imine (C=N–C) groups is 1. The Morgan fingerprint density at radius 1 is 0.520 bits per heavy atom. The molecule has 3 heterocycles. The number of hydrogen-bond acceptors (Lipinski definition) is 3. The molecule has 0 N–H and O–H groups in total. The molecule has 50 heavy (non-hydrogen) atoms. The van der Waals surface area contributed by atoms with Gasteiger partial charge in [-0.2, -0.15) is 0 Å². The lowest BCUT2D eigenvalue weighted by Gasteiger charge is -2.22. The zero-order valence-corrected chi connectivity index (χ0v) is 29.1. The second-order valence-electron chi connectivity index (χ2n) is 13.7. The number of fused-ring (bicyclic) bond motifs is 12. The second-order valence-corrected chi connectivity index (χ2v) is 15.8. The summed E-state index contributed by atoms with van der Waals surface area (Å²) in [6.07, 6.45) is 3.59. The Labute approximate surface area is 298 Å². The van der Waals surface area contributed by atoms with Crippen molar-refractivity contribution in [2.24, 2.45) is 4.99 Å². The predicted molar refractivity (Wildman–Crippen MR) is 217 cm³/mol. The molecule has 2 atom stereocenters. The highest BCUT2D eigenvalue weighted by Crippen LogP contribution is 2.54. The van der Waals surface area contributed by atoms with E-state index in [-0.39, 0.29) is 11.8 Å². The van der Waals surface area contributed by atoms with Crippen molar-refractivity contribution < 1.29 is 0 Å². The van der Waals surface area contributed by atoms with Gasteiger partial charge in [-0.15, -0.1) is 22.7 Å². The van der Waals surface area contributed by atoms with Crippen LogP contribution in [0.4, 0.5) is 5.69 Å². The number of thiophene rings is 2. The lowest BCUT2D eigenvalue weighted by molar-refractivity contribution is 0.798. The molecule has 11 rings (SSSR count). The molecule has 236 valence electrons. The van der Waals surface area contributed by atoms with E-state index in [9.17, 15) is 0 Å². The summed E-state index contributed by atoms with van der Waals surface area (Å²) in [5, 5.41) is 7.96. The Morgan fingerprint density at radius 2 is 1.24 bits per heavy atom. The van der Waals surface area contributed by atoms with Gasteiger partial charge in [0, 0.05) is 57.7 Å². The van der Waals surface area contributed by atoms with Crippen molar-refractivity contribution in [2.45, 2.75) is 25.2 Å². The van der Waals surface area contributed by atoms with Gasteiger partial charge in [-0.1, -0.05) is 128 Å². The van der Waals surface area contributed by atoms with Gasteiger partial charge in [0.25, 0.3) is 0 Å². The van der Waals surface area contributed by atoms with E-state index in [4.69, 9.17) is 4.99 Å². The van der Waals surface area contributed by atoms with Crippen molar-refractivity contribution in [3.63, 3.8) is 0 Å². The molecule has 0 radical (unpaired) electrons. The van der Waals surface area contributed by atoms with Crippen LogP contribution < -0.4 is 0 Å². The molecule has 3 heteroatoms. The summed E-state index contributed by atoms with van der Waals surface area (Å²) in [7, 11) is 0. The van der Waals surface area contributed by atoms with E-state index >= 15 is 0 Å². The van der Waals surface area contributed by atoms with Gasteiger partial charge in [0.15, 0.2) is 0 Å². The number of rotatable bonds is 3. The smallest absolute Gasteiger partial charge is 0.0762 e. The van der Waals surface area contributed by atoms with Gasteiger partial charge >= 0.3 is 0 Å². The van der Waals surface area contributed by atoms with Crippen LogP contribution in [0.25, 0.3) is 62.2 Å². The third kappa shape index (κ3) is 4.02. The molecule has 2 aliphatic rings. The first-order valence-corrected chi connectivity index (χ1v) is 19.2. The van der Waals surface area contributed by atoms with Crippen molar-refractivity contribution in [2.75, 3.05) is 0 Å². The zero-order valence-electron chi connectivity index (χ0n) is 27.5. The van der Waals surface area contributed by atoms with E-state index in [0.717, 1.165) is 17.8 Å². The van der Waals surface area contributed by atoms with Gasteiger partial charge in [0.05, 0.1) is 11.4 Å². The van der Waals surface area contributed by atoms with Crippen LogP contribution in [0.1, 0.15) is 47.4 Å². The van der Waals surface area contributed by atoms with E-state index in [1.54, 1.807) is 0 Å². The zero-order chi connectivity index (χ0) is 32.9. The minimum atomic E-state index is 0.0688. The molecule has 0 bridgehead atoms. The fourth-order valence-electron chi connectivity index (χ4n) is 8.73. The fraction of sp³-hybridized carbons (Fsp3) is 0.0851. The summed E-state index contributed by atoms with van der Waals surface area (Å²) in [5.41, 5.74) is 11.5. The van der Waals surface area contributed by atoms with Gasteiger partial charge in [-0.25, -0.2) is 4.99 Å². The van der Waals surface area contributed by atoms with Crippen LogP contribution in [0.3, 0.4) is 0 Å². The molecule has 0 fully saturated rings. The van der Waals surface area contributed by atoms with Gasteiger partial charge < -0.3 is 0 Å². The highest BCUT2D eigenvalue weighted by Gasteiger charge is 2.36. The van der Waals surface area contributed by atoms with Crippen LogP contribution in [0.15, 0.2) is 156 Å². The molecule has 0 saturated carbocycles. The molecule has 1 nitrogen and oxygen atoms in total. The first-order valence-electron chi connectivity index (χ1n) is 17.5. The predicted octanol–water partition coefficient (Wildman–Crippen LogP) is 13.9. The molecule has 0 spiro atoms. The van der Waals surface area contributed by atoms with Crippen molar-refractivity contribution in [1.82, 2.24) is 0 Å². The van der Waals surface area contributed by atoms with Gasteiger partial charge in [-0.05, 0) is 74.8 Å². The second kappa shape index (κ2) is 10.8. The van der Waals surface area contributed by atoms with Crippen LogP contribution in [0, 0.1) is 0 Å². The summed E-state index contributed by atoms with van der Waals surface area (Å²) in [6, 6.07) is 52.0. The van der Waals surface area contributed by atoms with E-state index in [0.29, 0.717) is 0 Å². The van der Waals surface area contributed by atoms with Crippen molar-refractivity contribution in [1.29, 1.82) is 0 Å². The first kappa shape index (κ1) is 28.5. The maximum absolute atomic E-state index is 5.69. The number of nitrogens with zero attached hydrogens (tertiary/aromatic N) is 1. The Hall–Kier alpha value is -5.35. The summed E-state index contributed by atoms with van der Waals surface area (Å²) < 4.78 is 5.35. The van der Waals surface area contributed by atoms with Crippen molar-refractivity contribution >= 4 is 85.2 Å². The van der Waals surface area contributed by atoms with E-state index in [1.807, 2.05) is 22.7 Å². The lowest BCUT2D eigenvalue weighted by atomic mass is 9.81. The van der Waals surface area contributed by atoms with Crippen LogP contribution in [-0.2, 0) is 0 Å². The van der Waals surface area contributed by atoms with Crippen LogP contribution in [0.5, 0.6) is 0 Å². The fourth-order valence-corrected chi connectivity index (χ4v) is 11.2. The topological polar surface area (TPSA) is 12.4 Å². The van der Waals surface area contributed by atoms with Crippen LogP contribution >= 0.6 is 22.7 Å². The van der Waals surface area contributed by atoms with Crippen LogP contribution in [0.2, 0.25) is 0 Å². The summed E-state index contributed by atoms with van der Waals surface area (Å²) in [5.74, 6) is 0.332. The highest BCUT2D eigenvalue weighted by molar-refractivity contribution is 7.27. The third-order valence-corrected chi connectivity index (χ3v) is 13.5. The number of hydrogen-bond donors (Lipinski definition) is 0. The molecular weight excluding hydrogens is 643 g/mol. The molecular formula is C47H31NS2. The van der Waals surface area contributed by atoms with Gasteiger partial charge in [0.1, 0.15) is 0 Å². The summed E-state index contributed by atoms with van der Waals surface area (Å²) in [6.45, 7) is 2.31. The Balaban J connectivity index is 1.21. The SMILES string of the molecule is CCC1C=C(C2c3ccccc3-c3cc4c(cc32)sc2c3ccccc3ccc42)C(c2cccc3c2sc2ccccc23)=Nc2ccccc21. The summed E-state index contributed by atoms with van der Waals surface area (Å²) in [4.78, 5) is 5.69. The highest BCUT2D eigenvalue weighted by atomic mass is 32.1. The minimum absolute atomic E-state index is 0.0688. The van der Waals surface area contributed by atoms with E-state index in [1.165, 1.54) is 90.1 Å². The molecule has 2 aromatic heterocycles. The molecule has 0 saturated heterocycles. The van der Waals surface area contributed by atoms with Gasteiger partial charge in [0.2, 0.25) is 0 Å². The maximum Gasteiger partial charge on any atom is 0.0762 e. The lowest BCUT2D eigenvalue weighted by Crippen LogP contribution is -2.14. The monoisotopic (exact) mass is 673 g/mol. The third-order valence-electron chi connectivity index (χ3n) is 11.0. The maximum atomic E-state index is 5.69. The Morgan fingerprint density at radius 3 is 2.16 bits per heavy atom. The number of allylic oxidation sites excluding steroid dienone is 2. The number of benzene rings is 7. The minimum Gasteiger partial charge on any atom is -0.248 e.